The maximum atomic E-state index is 13.9. The lowest BCUT2D eigenvalue weighted by molar-refractivity contribution is 0.628. The Hall–Kier alpha value is -1.94. The second kappa shape index (κ2) is 9.91. The highest BCUT2D eigenvalue weighted by molar-refractivity contribution is 6.43. The first-order valence-electron chi connectivity index (χ1n) is 10.2. The normalized spacial score (nSPS) is 13.3. The van der Waals surface area contributed by atoms with Crippen molar-refractivity contribution in [3.8, 4) is 11.3 Å². The van der Waals surface area contributed by atoms with Gasteiger partial charge in [-0.3, -0.25) is 4.98 Å². The highest BCUT2D eigenvalue weighted by Gasteiger charge is 2.23. The summed E-state index contributed by atoms with van der Waals surface area (Å²) in [6.45, 7) is 7.19. The predicted octanol–water partition coefficient (Wildman–Crippen LogP) is 7.37. The maximum Gasteiger partial charge on any atom is 0.143 e. The number of hydrogen-bond acceptors (Lipinski definition) is 2. The molecule has 1 aromatic heterocycles. The topological polar surface area (TPSA) is 24.9 Å². The number of halogens is 3. The summed E-state index contributed by atoms with van der Waals surface area (Å²) in [5.74, 6) is -0.0991. The van der Waals surface area contributed by atoms with E-state index < -0.39 is 5.82 Å². The first kappa shape index (κ1) is 22.7. The molecule has 3 aromatic rings. The molecule has 2 atom stereocenters. The van der Waals surface area contributed by atoms with Gasteiger partial charge in [0.05, 0.1) is 21.4 Å². The van der Waals surface area contributed by atoms with Crippen LogP contribution in [-0.2, 0) is 0 Å². The molecule has 0 saturated carbocycles. The molecule has 0 fully saturated rings. The minimum absolute atomic E-state index is 0.0688. The average Bonchev–Trinajstić information content (AvgIpc) is 2.76. The molecule has 0 spiro atoms. The fraction of sp³-hybridized carbons (Fsp3) is 0.320. The van der Waals surface area contributed by atoms with Crippen LogP contribution in [0.1, 0.15) is 54.5 Å². The third-order valence-electron chi connectivity index (χ3n) is 5.73. The van der Waals surface area contributed by atoms with Gasteiger partial charge in [0.1, 0.15) is 5.82 Å². The molecule has 3 rings (SSSR count). The van der Waals surface area contributed by atoms with E-state index >= 15 is 0 Å². The molecule has 2 nitrogen and oxygen atoms in total. The van der Waals surface area contributed by atoms with E-state index in [0.29, 0.717) is 11.5 Å². The van der Waals surface area contributed by atoms with Gasteiger partial charge in [-0.05, 0) is 61.2 Å². The molecule has 2 unspecified atom stereocenters. The van der Waals surface area contributed by atoms with E-state index in [-0.39, 0.29) is 16.0 Å². The Morgan fingerprint density at radius 3 is 2.40 bits per heavy atom. The van der Waals surface area contributed by atoms with Crippen LogP contribution in [0.2, 0.25) is 10.0 Å². The molecule has 1 heterocycles. The fourth-order valence-electron chi connectivity index (χ4n) is 3.81. The van der Waals surface area contributed by atoms with E-state index in [1.165, 1.54) is 17.2 Å². The molecule has 0 aliphatic carbocycles. The standard InChI is InChI=1S/C25H27Cl2FN2/c1-5-15(2)19-13-22(20(14-29-4)17-9-7-6-8-10-17)30-25(16(19)3)18-11-12-21(28)24(27)23(18)26/h6-13,15,20,29H,5,14H2,1-4H3. The molecule has 1 N–H and O–H groups in total. The van der Waals surface area contributed by atoms with Crippen LogP contribution in [0.3, 0.4) is 0 Å². The molecule has 2 aromatic carbocycles. The Labute approximate surface area is 188 Å². The Morgan fingerprint density at radius 2 is 1.77 bits per heavy atom. The van der Waals surface area contributed by atoms with Crippen molar-refractivity contribution >= 4 is 23.2 Å². The highest BCUT2D eigenvalue weighted by atomic mass is 35.5. The van der Waals surface area contributed by atoms with Crippen molar-refractivity contribution in [3.63, 3.8) is 0 Å². The summed E-state index contributed by atoms with van der Waals surface area (Å²) in [6, 6.07) is 15.6. The smallest absolute Gasteiger partial charge is 0.143 e. The molecule has 0 aliphatic rings. The second-order valence-electron chi connectivity index (χ2n) is 7.66. The van der Waals surface area contributed by atoms with Gasteiger partial charge < -0.3 is 5.32 Å². The predicted molar refractivity (Wildman–Crippen MR) is 125 cm³/mol. The first-order valence-corrected chi connectivity index (χ1v) is 11.0. The van der Waals surface area contributed by atoms with E-state index in [9.17, 15) is 4.39 Å². The van der Waals surface area contributed by atoms with Crippen LogP contribution < -0.4 is 5.32 Å². The summed E-state index contributed by atoms with van der Waals surface area (Å²) in [4.78, 5) is 5.04. The zero-order valence-electron chi connectivity index (χ0n) is 17.8. The van der Waals surface area contributed by atoms with Gasteiger partial charge >= 0.3 is 0 Å². The van der Waals surface area contributed by atoms with Gasteiger partial charge in [0, 0.05) is 18.0 Å². The molecule has 30 heavy (non-hydrogen) atoms. The van der Waals surface area contributed by atoms with Crippen LogP contribution in [0.25, 0.3) is 11.3 Å². The Kier molecular flexibility index (Phi) is 7.51. The Bertz CT molecular complexity index is 1020. The highest BCUT2D eigenvalue weighted by Crippen LogP contribution is 2.39. The van der Waals surface area contributed by atoms with Crippen LogP contribution in [0, 0.1) is 12.7 Å². The maximum absolute atomic E-state index is 13.9. The average molecular weight is 445 g/mol. The number of rotatable bonds is 7. The zero-order chi connectivity index (χ0) is 21.8. The lowest BCUT2D eigenvalue weighted by Crippen LogP contribution is -2.20. The summed E-state index contributed by atoms with van der Waals surface area (Å²) in [5, 5.41) is 3.42. The molecule has 5 heteroatoms. The van der Waals surface area contributed by atoms with Crippen LogP contribution in [-0.4, -0.2) is 18.6 Å². The summed E-state index contributed by atoms with van der Waals surface area (Å²) < 4.78 is 13.9. The van der Waals surface area contributed by atoms with E-state index in [1.54, 1.807) is 6.07 Å². The number of aromatic nitrogens is 1. The van der Waals surface area contributed by atoms with Gasteiger partial charge in [0.2, 0.25) is 0 Å². The number of likely N-dealkylation sites (N-methyl/N-ethyl adjacent to an activating group) is 1. The number of nitrogens with zero attached hydrogens (tertiary/aromatic N) is 1. The van der Waals surface area contributed by atoms with Crippen molar-refractivity contribution in [2.45, 2.75) is 39.0 Å². The van der Waals surface area contributed by atoms with Crippen molar-refractivity contribution in [2.24, 2.45) is 0 Å². The monoisotopic (exact) mass is 444 g/mol. The van der Waals surface area contributed by atoms with Crippen LogP contribution in [0.4, 0.5) is 4.39 Å². The van der Waals surface area contributed by atoms with Crippen LogP contribution in [0.5, 0.6) is 0 Å². The van der Waals surface area contributed by atoms with Crippen molar-refractivity contribution < 1.29 is 4.39 Å². The van der Waals surface area contributed by atoms with Gasteiger partial charge in [0.15, 0.2) is 0 Å². The zero-order valence-corrected chi connectivity index (χ0v) is 19.3. The molecule has 0 saturated heterocycles. The SMILES string of the molecule is CCC(C)c1cc(C(CNC)c2ccccc2)nc(-c2ccc(F)c(Cl)c2Cl)c1C. The molecule has 0 radical (unpaired) electrons. The molecule has 0 bridgehead atoms. The molecule has 0 amide bonds. The van der Waals surface area contributed by atoms with Crippen LogP contribution in [0.15, 0.2) is 48.5 Å². The summed E-state index contributed by atoms with van der Waals surface area (Å²) in [6.07, 6.45) is 1.00. The summed E-state index contributed by atoms with van der Waals surface area (Å²) in [7, 11) is 1.94. The minimum Gasteiger partial charge on any atom is -0.319 e. The largest absolute Gasteiger partial charge is 0.319 e. The van der Waals surface area contributed by atoms with Crippen molar-refractivity contribution in [3.05, 3.63) is 86.8 Å². The fourth-order valence-corrected chi connectivity index (χ4v) is 4.22. The number of hydrogen-bond donors (Lipinski definition) is 1. The quantitative estimate of drug-likeness (QED) is 0.384. The molecule has 0 aliphatic heterocycles. The Balaban J connectivity index is 2.27. The van der Waals surface area contributed by atoms with Crippen LogP contribution >= 0.6 is 23.2 Å². The minimum atomic E-state index is -0.529. The van der Waals surface area contributed by atoms with E-state index in [1.807, 2.05) is 25.2 Å². The van der Waals surface area contributed by atoms with Crippen molar-refractivity contribution in [1.29, 1.82) is 0 Å². The third kappa shape index (κ3) is 4.54. The van der Waals surface area contributed by atoms with Gasteiger partial charge in [-0.25, -0.2) is 4.39 Å². The van der Waals surface area contributed by atoms with Gasteiger partial charge in [-0.2, -0.15) is 0 Å². The van der Waals surface area contributed by atoms with E-state index in [2.05, 4.69) is 44.3 Å². The number of pyridine rings is 1. The lowest BCUT2D eigenvalue weighted by atomic mass is 9.87. The second-order valence-corrected chi connectivity index (χ2v) is 8.42. The van der Waals surface area contributed by atoms with E-state index in [0.717, 1.165) is 29.9 Å². The molecular weight excluding hydrogens is 418 g/mol. The van der Waals surface area contributed by atoms with Gasteiger partial charge in [0.25, 0.3) is 0 Å². The number of nitrogens with one attached hydrogen (secondary N) is 1. The molecule has 158 valence electrons. The summed E-state index contributed by atoms with van der Waals surface area (Å²) >= 11 is 12.6. The molecular formula is C25H27Cl2FN2. The lowest BCUT2D eigenvalue weighted by Gasteiger charge is -2.23. The van der Waals surface area contributed by atoms with Gasteiger partial charge in [-0.15, -0.1) is 0 Å². The first-order chi connectivity index (χ1) is 14.4. The number of benzene rings is 2. The summed E-state index contributed by atoms with van der Waals surface area (Å²) in [5.41, 5.74) is 5.84. The third-order valence-corrected chi connectivity index (χ3v) is 6.59. The Morgan fingerprint density at radius 1 is 1.07 bits per heavy atom. The van der Waals surface area contributed by atoms with Crippen molar-refractivity contribution in [1.82, 2.24) is 10.3 Å². The van der Waals surface area contributed by atoms with E-state index in [4.69, 9.17) is 28.2 Å². The van der Waals surface area contributed by atoms with Crippen molar-refractivity contribution in [2.75, 3.05) is 13.6 Å². The van der Waals surface area contributed by atoms with Gasteiger partial charge in [-0.1, -0.05) is 67.4 Å².